The van der Waals surface area contributed by atoms with Crippen LogP contribution in [0.3, 0.4) is 0 Å². The van der Waals surface area contributed by atoms with Crippen LogP contribution in [-0.4, -0.2) is 15.1 Å². The molecule has 8 heteroatoms. The van der Waals surface area contributed by atoms with Gasteiger partial charge >= 0.3 is 0 Å². The Labute approximate surface area is 146 Å². The van der Waals surface area contributed by atoms with Gasteiger partial charge in [-0.25, -0.2) is 4.98 Å². The van der Waals surface area contributed by atoms with E-state index in [4.69, 9.17) is 33.5 Å². The highest BCUT2D eigenvalue weighted by molar-refractivity contribution is 7.13. The minimum absolute atomic E-state index is 0.379. The molecule has 0 bridgehead atoms. The normalized spacial score (nSPS) is 16.3. The van der Waals surface area contributed by atoms with Gasteiger partial charge in [0.15, 0.2) is 5.82 Å². The molecule has 0 spiro atoms. The lowest BCUT2D eigenvalue weighted by Crippen LogP contribution is -2.44. The number of nitrogens with zero attached hydrogens (tertiary/aromatic N) is 3. The highest BCUT2D eigenvalue weighted by Crippen LogP contribution is 2.38. The van der Waals surface area contributed by atoms with Crippen LogP contribution in [0.4, 0.5) is 0 Å². The fraction of sp³-hybridized carbons (Fsp3) is 0.267. The first-order valence-corrected chi connectivity index (χ1v) is 8.73. The highest BCUT2D eigenvalue weighted by Gasteiger charge is 2.39. The monoisotopic (exact) mass is 366 g/mol. The molecule has 1 fully saturated rings. The molecule has 1 saturated carbocycles. The summed E-state index contributed by atoms with van der Waals surface area (Å²) < 4.78 is 5.32. The van der Waals surface area contributed by atoms with Gasteiger partial charge in [0, 0.05) is 16.0 Å². The van der Waals surface area contributed by atoms with Gasteiger partial charge < -0.3 is 10.3 Å². The first kappa shape index (κ1) is 15.1. The number of nitrogens with two attached hydrogens (primary N) is 1. The Morgan fingerprint density at radius 2 is 2.04 bits per heavy atom. The molecule has 23 heavy (non-hydrogen) atoms. The van der Waals surface area contributed by atoms with Crippen molar-refractivity contribution >= 4 is 34.5 Å². The Morgan fingerprint density at radius 1 is 1.22 bits per heavy atom. The molecule has 0 amide bonds. The standard InChI is InChI=1S/C15H12Cl2N4OS/c16-8-2-3-9(10(17)6-8)13-19-11(7-23-13)12-20-14(21-22-12)15(18)4-1-5-15/h2-3,6-7H,1,4-5,18H2. The van der Waals surface area contributed by atoms with Crippen LogP contribution in [0.15, 0.2) is 28.1 Å². The zero-order valence-corrected chi connectivity index (χ0v) is 14.3. The van der Waals surface area contributed by atoms with Gasteiger partial charge in [0.25, 0.3) is 5.89 Å². The van der Waals surface area contributed by atoms with Crippen molar-refractivity contribution in [2.45, 2.75) is 24.8 Å². The molecule has 0 atom stereocenters. The summed E-state index contributed by atoms with van der Waals surface area (Å²) in [6.45, 7) is 0. The fourth-order valence-corrected chi connectivity index (χ4v) is 3.86. The van der Waals surface area contributed by atoms with E-state index in [9.17, 15) is 0 Å². The first-order valence-electron chi connectivity index (χ1n) is 7.10. The molecular weight excluding hydrogens is 355 g/mol. The second kappa shape index (κ2) is 5.56. The summed E-state index contributed by atoms with van der Waals surface area (Å²) in [6, 6.07) is 5.32. The van der Waals surface area contributed by atoms with E-state index >= 15 is 0 Å². The summed E-state index contributed by atoms with van der Waals surface area (Å²) >= 11 is 13.6. The van der Waals surface area contributed by atoms with Crippen molar-refractivity contribution < 1.29 is 4.52 Å². The van der Waals surface area contributed by atoms with E-state index in [1.165, 1.54) is 11.3 Å². The third kappa shape index (κ3) is 2.65. The van der Waals surface area contributed by atoms with Gasteiger partial charge in [-0.2, -0.15) is 4.98 Å². The molecule has 118 valence electrons. The molecule has 0 aliphatic heterocycles. The predicted octanol–water partition coefficient (Wildman–Crippen LogP) is 4.50. The van der Waals surface area contributed by atoms with Crippen LogP contribution >= 0.6 is 34.5 Å². The van der Waals surface area contributed by atoms with Crippen LogP contribution in [0.25, 0.3) is 22.2 Å². The predicted molar refractivity (Wildman–Crippen MR) is 90.6 cm³/mol. The quantitative estimate of drug-likeness (QED) is 0.737. The molecular formula is C15H12Cl2N4OS. The highest BCUT2D eigenvalue weighted by atomic mass is 35.5. The SMILES string of the molecule is NC1(c2noc(-c3csc(-c4ccc(Cl)cc4Cl)n3)n2)CCC1. The molecule has 5 nitrogen and oxygen atoms in total. The topological polar surface area (TPSA) is 77.8 Å². The maximum atomic E-state index is 6.22. The summed E-state index contributed by atoms with van der Waals surface area (Å²) in [4.78, 5) is 8.94. The first-order chi connectivity index (χ1) is 11.0. The van der Waals surface area contributed by atoms with Crippen LogP contribution in [0.2, 0.25) is 10.0 Å². The average Bonchev–Trinajstić information content (AvgIpc) is 3.13. The van der Waals surface area contributed by atoms with Gasteiger partial charge in [-0.05, 0) is 37.5 Å². The van der Waals surface area contributed by atoms with Gasteiger partial charge in [-0.15, -0.1) is 11.3 Å². The molecule has 0 saturated heterocycles. The molecule has 0 radical (unpaired) electrons. The van der Waals surface area contributed by atoms with Gasteiger partial charge in [0.2, 0.25) is 0 Å². The molecule has 2 heterocycles. The minimum atomic E-state index is -0.444. The number of benzene rings is 1. The van der Waals surface area contributed by atoms with E-state index in [1.54, 1.807) is 12.1 Å². The minimum Gasteiger partial charge on any atom is -0.332 e. The number of halogens is 2. The van der Waals surface area contributed by atoms with Crippen molar-refractivity contribution in [3.8, 4) is 22.2 Å². The average molecular weight is 367 g/mol. The van der Waals surface area contributed by atoms with Crippen molar-refractivity contribution in [1.29, 1.82) is 0 Å². The molecule has 2 N–H and O–H groups in total. The lowest BCUT2D eigenvalue weighted by molar-refractivity contribution is 0.229. The van der Waals surface area contributed by atoms with E-state index in [1.807, 2.05) is 11.4 Å². The van der Waals surface area contributed by atoms with E-state index < -0.39 is 5.54 Å². The zero-order chi connectivity index (χ0) is 16.0. The number of hydrogen-bond acceptors (Lipinski definition) is 6. The Morgan fingerprint density at radius 3 is 2.74 bits per heavy atom. The fourth-order valence-electron chi connectivity index (χ4n) is 2.47. The van der Waals surface area contributed by atoms with Crippen LogP contribution in [0.1, 0.15) is 25.1 Å². The Balaban J connectivity index is 1.65. The summed E-state index contributed by atoms with van der Waals surface area (Å²) in [5, 5.41) is 7.79. The van der Waals surface area contributed by atoms with Crippen LogP contribution in [0, 0.1) is 0 Å². The second-order valence-electron chi connectivity index (χ2n) is 5.59. The number of thiazole rings is 1. The van der Waals surface area contributed by atoms with Gasteiger partial charge in [0.05, 0.1) is 10.6 Å². The van der Waals surface area contributed by atoms with Crippen molar-refractivity contribution in [3.05, 3.63) is 39.4 Å². The molecule has 1 aliphatic carbocycles. The third-order valence-corrected chi connectivity index (χ3v) is 5.43. The van der Waals surface area contributed by atoms with Crippen LogP contribution in [-0.2, 0) is 5.54 Å². The number of rotatable bonds is 3. The third-order valence-electron chi connectivity index (χ3n) is 4.00. The molecule has 2 aromatic heterocycles. The Kier molecular flexibility index (Phi) is 3.65. The van der Waals surface area contributed by atoms with Gasteiger partial charge in [-0.3, -0.25) is 0 Å². The van der Waals surface area contributed by atoms with Crippen molar-refractivity contribution in [1.82, 2.24) is 15.1 Å². The summed E-state index contributed by atoms with van der Waals surface area (Å²) in [7, 11) is 0. The molecule has 1 aromatic carbocycles. The van der Waals surface area contributed by atoms with E-state index in [-0.39, 0.29) is 0 Å². The maximum absolute atomic E-state index is 6.22. The smallest absolute Gasteiger partial charge is 0.277 e. The van der Waals surface area contributed by atoms with Gasteiger partial charge in [-0.1, -0.05) is 28.4 Å². The van der Waals surface area contributed by atoms with Crippen LogP contribution < -0.4 is 5.73 Å². The van der Waals surface area contributed by atoms with Gasteiger partial charge in [0.1, 0.15) is 10.7 Å². The Hall–Kier alpha value is -1.47. The van der Waals surface area contributed by atoms with E-state index in [0.717, 1.165) is 29.8 Å². The largest absolute Gasteiger partial charge is 0.332 e. The summed E-state index contributed by atoms with van der Waals surface area (Å²) in [5.74, 6) is 0.933. The van der Waals surface area contributed by atoms with E-state index in [0.29, 0.717) is 27.5 Å². The lowest BCUT2D eigenvalue weighted by atomic mass is 9.77. The summed E-state index contributed by atoms with van der Waals surface area (Å²) in [5.41, 5.74) is 7.21. The zero-order valence-electron chi connectivity index (χ0n) is 11.9. The number of hydrogen-bond donors (Lipinski definition) is 1. The molecule has 3 aromatic rings. The van der Waals surface area contributed by atoms with Crippen molar-refractivity contribution in [3.63, 3.8) is 0 Å². The molecule has 0 unspecified atom stereocenters. The van der Waals surface area contributed by atoms with Crippen molar-refractivity contribution in [2.75, 3.05) is 0 Å². The Bertz CT molecular complexity index is 872. The number of aromatic nitrogens is 3. The molecule has 1 aliphatic rings. The molecule has 4 rings (SSSR count). The lowest BCUT2D eigenvalue weighted by Gasteiger charge is -2.34. The van der Waals surface area contributed by atoms with E-state index in [2.05, 4.69) is 15.1 Å². The van der Waals surface area contributed by atoms with Crippen LogP contribution in [0.5, 0.6) is 0 Å². The summed E-state index contributed by atoms with van der Waals surface area (Å²) in [6.07, 6.45) is 2.86. The second-order valence-corrected chi connectivity index (χ2v) is 7.30. The maximum Gasteiger partial charge on any atom is 0.277 e. The van der Waals surface area contributed by atoms with Crippen molar-refractivity contribution in [2.24, 2.45) is 5.73 Å².